The number of carbonyl (C=O) groups excluding carboxylic acids is 3. The van der Waals surface area contributed by atoms with Gasteiger partial charge in [-0.1, -0.05) is 51.1 Å². The third-order valence-corrected chi connectivity index (χ3v) is 4.23. The number of rotatable bonds is 9. The molecule has 0 heterocycles. The van der Waals surface area contributed by atoms with Gasteiger partial charge < -0.3 is 11.1 Å². The summed E-state index contributed by atoms with van der Waals surface area (Å²) in [5.74, 6) is -2.34. The minimum absolute atomic E-state index is 0.160. The first kappa shape index (κ1) is 21.6. The first-order chi connectivity index (χ1) is 12.1. The second-order valence-electron chi connectivity index (χ2n) is 7.52. The van der Waals surface area contributed by atoms with Gasteiger partial charge in [0.05, 0.1) is 0 Å². The fourth-order valence-corrected chi connectivity index (χ4v) is 2.77. The van der Waals surface area contributed by atoms with E-state index in [0.717, 1.165) is 12.0 Å². The highest BCUT2D eigenvalue weighted by Crippen LogP contribution is 2.21. The molecule has 1 aromatic rings. The number of primary amides is 1. The minimum Gasteiger partial charge on any atom is -0.368 e. The number of nitrogens with two attached hydrogens (primary N) is 1. The van der Waals surface area contributed by atoms with E-state index in [-0.39, 0.29) is 6.42 Å². The van der Waals surface area contributed by atoms with E-state index in [9.17, 15) is 14.4 Å². The first-order valence-electron chi connectivity index (χ1n) is 8.71. The SMILES string of the molecule is CC(C)(C)[C@H](NC(=O)[C@H](CCCc1ccccc1)CC(=O)NO)C(N)=O. The second-order valence-corrected chi connectivity index (χ2v) is 7.52. The van der Waals surface area contributed by atoms with Crippen molar-refractivity contribution in [2.24, 2.45) is 17.1 Å². The van der Waals surface area contributed by atoms with E-state index in [1.165, 1.54) is 0 Å². The van der Waals surface area contributed by atoms with E-state index in [1.807, 2.05) is 30.3 Å². The summed E-state index contributed by atoms with van der Waals surface area (Å²) in [5.41, 5.74) is 7.55. The van der Waals surface area contributed by atoms with Gasteiger partial charge in [0.25, 0.3) is 0 Å². The number of hydrogen-bond acceptors (Lipinski definition) is 4. The van der Waals surface area contributed by atoms with Crippen molar-refractivity contribution in [2.75, 3.05) is 0 Å². The Kier molecular flexibility index (Phi) is 8.25. The molecule has 0 bridgehead atoms. The summed E-state index contributed by atoms with van der Waals surface area (Å²) >= 11 is 0. The van der Waals surface area contributed by atoms with E-state index >= 15 is 0 Å². The van der Waals surface area contributed by atoms with Gasteiger partial charge >= 0.3 is 0 Å². The second kappa shape index (κ2) is 9.91. The van der Waals surface area contributed by atoms with E-state index < -0.39 is 35.1 Å². The van der Waals surface area contributed by atoms with E-state index in [4.69, 9.17) is 10.9 Å². The van der Waals surface area contributed by atoms with Gasteiger partial charge in [0.2, 0.25) is 17.7 Å². The monoisotopic (exact) mass is 363 g/mol. The molecule has 26 heavy (non-hydrogen) atoms. The molecule has 0 aromatic heterocycles. The van der Waals surface area contributed by atoms with Crippen LogP contribution in [0.5, 0.6) is 0 Å². The molecule has 144 valence electrons. The molecule has 3 amide bonds. The Bertz CT molecular complexity index is 611. The Morgan fingerprint density at radius 3 is 2.27 bits per heavy atom. The van der Waals surface area contributed by atoms with Crippen molar-refractivity contribution in [3.63, 3.8) is 0 Å². The molecule has 7 nitrogen and oxygen atoms in total. The smallest absolute Gasteiger partial charge is 0.244 e. The lowest BCUT2D eigenvalue weighted by atomic mass is 9.85. The van der Waals surface area contributed by atoms with E-state index in [1.54, 1.807) is 26.3 Å². The van der Waals surface area contributed by atoms with Gasteiger partial charge in [-0.2, -0.15) is 0 Å². The lowest BCUT2D eigenvalue weighted by molar-refractivity contribution is -0.136. The molecule has 0 saturated carbocycles. The molecule has 0 aliphatic rings. The zero-order chi connectivity index (χ0) is 19.7. The number of aryl methyl sites for hydroxylation is 1. The van der Waals surface area contributed by atoms with Crippen LogP contribution in [0.25, 0.3) is 0 Å². The van der Waals surface area contributed by atoms with Crippen molar-refractivity contribution in [2.45, 2.75) is 52.5 Å². The summed E-state index contributed by atoms with van der Waals surface area (Å²) in [4.78, 5) is 35.8. The molecular formula is C19H29N3O4. The molecule has 5 N–H and O–H groups in total. The lowest BCUT2D eigenvalue weighted by Crippen LogP contribution is -2.53. The van der Waals surface area contributed by atoms with E-state index in [0.29, 0.717) is 12.8 Å². The maximum absolute atomic E-state index is 12.6. The number of benzene rings is 1. The van der Waals surface area contributed by atoms with Gasteiger partial charge in [0, 0.05) is 12.3 Å². The van der Waals surface area contributed by atoms with Gasteiger partial charge in [-0.25, -0.2) is 5.48 Å². The predicted octanol–water partition coefficient (Wildman–Crippen LogP) is 1.54. The van der Waals surface area contributed by atoms with Crippen LogP contribution in [0.15, 0.2) is 30.3 Å². The minimum atomic E-state index is -0.844. The maximum atomic E-state index is 12.6. The van der Waals surface area contributed by atoms with Crippen LogP contribution in [0, 0.1) is 11.3 Å². The molecule has 0 spiro atoms. The highest BCUT2D eigenvalue weighted by molar-refractivity contribution is 5.90. The van der Waals surface area contributed by atoms with Crippen molar-refractivity contribution < 1.29 is 19.6 Å². The number of carbonyl (C=O) groups is 3. The summed E-state index contributed by atoms with van der Waals surface area (Å²) in [6.45, 7) is 5.40. The zero-order valence-corrected chi connectivity index (χ0v) is 15.6. The van der Waals surface area contributed by atoms with Crippen LogP contribution in [-0.2, 0) is 20.8 Å². The van der Waals surface area contributed by atoms with Gasteiger partial charge in [-0.15, -0.1) is 0 Å². The highest BCUT2D eigenvalue weighted by atomic mass is 16.5. The Morgan fingerprint density at radius 2 is 1.77 bits per heavy atom. The van der Waals surface area contributed by atoms with Gasteiger partial charge in [-0.05, 0) is 30.2 Å². The molecule has 0 radical (unpaired) electrons. The molecule has 0 aliphatic heterocycles. The third kappa shape index (κ3) is 7.23. The zero-order valence-electron chi connectivity index (χ0n) is 15.6. The van der Waals surface area contributed by atoms with Crippen LogP contribution in [0.1, 0.15) is 45.6 Å². The quantitative estimate of drug-likeness (QED) is 0.393. The molecular weight excluding hydrogens is 334 g/mol. The van der Waals surface area contributed by atoms with Crippen LogP contribution in [0.3, 0.4) is 0 Å². The normalized spacial score (nSPS) is 13.5. The Morgan fingerprint density at radius 1 is 1.15 bits per heavy atom. The Labute approximate surface area is 154 Å². The van der Waals surface area contributed by atoms with Gasteiger partial charge in [0.1, 0.15) is 6.04 Å². The lowest BCUT2D eigenvalue weighted by Gasteiger charge is -2.30. The number of hydrogen-bond donors (Lipinski definition) is 4. The molecule has 1 aromatic carbocycles. The van der Waals surface area contributed by atoms with Crippen molar-refractivity contribution in [1.29, 1.82) is 0 Å². The van der Waals surface area contributed by atoms with Crippen molar-refractivity contribution in [3.05, 3.63) is 35.9 Å². The number of amides is 3. The summed E-state index contributed by atoms with van der Waals surface area (Å²) in [7, 11) is 0. The summed E-state index contributed by atoms with van der Waals surface area (Å²) < 4.78 is 0. The fourth-order valence-electron chi connectivity index (χ4n) is 2.77. The molecule has 0 unspecified atom stereocenters. The maximum Gasteiger partial charge on any atom is 0.244 e. The van der Waals surface area contributed by atoms with Crippen LogP contribution in [0.4, 0.5) is 0 Å². The van der Waals surface area contributed by atoms with E-state index in [2.05, 4.69) is 5.32 Å². The molecule has 0 saturated heterocycles. The van der Waals surface area contributed by atoms with Crippen LogP contribution < -0.4 is 16.5 Å². The fraction of sp³-hybridized carbons (Fsp3) is 0.526. The van der Waals surface area contributed by atoms with Crippen LogP contribution >= 0.6 is 0 Å². The molecule has 0 aliphatic carbocycles. The molecule has 1 rings (SSSR count). The van der Waals surface area contributed by atoms with Crippen LogP contribution in [0.2, 0.25) is 0 Å². The van der Waals surface area contributed by atoms with Gasteiger partial charge in [0.15, 0.2) is 0 Å². The molecule has 2 atom stereocenters. The summed E-state index contributed by atoms with van der Waals surface area (Å²) in [6, 6.07) is 8.97. The average molecular weight is 363 g/mol. The third-order valence-electron chi connectivity index (χ3n) is 4.23. The van der Waals surface area contributed by atoms with Crippen molar-refractivity contribution >= 4 is 17.7 Å². The predicted molar refractivity (Wildman–Crippen MR) is 98.0 cm³/mol. The van der Waals surface area contributed by atoms with Crippen LogP contribution in [-0.4, -0.2) is 29.0 Å². The topological polar surface area (TPSA) is 122 Å². The Hall–Kier alpha value is -2.41. The first-order valence-corrected chi connectivity index (χ1v) is 8.71. The van der Waals surface area contributed by atoms with Gasteiger partial charge in [-0.3, -0.25) is 19.6 Å². The number of hydroxylamine groups is 1. The standard InChI is InChI=1S/C19H29N3O4/c1-19(2,3)16(17(20)24)21-18(25)14(12-15(23)22-26)11-7-10-13-8-5-4-6-9-13/h4-6,8-9,14,16,26H,7,10-12H2,1-3H3,(H2,20,24)(H,21,25)(H,22,23)/t14-,16-/m1/s1. The molecule has 7 heteroatoms. The summed E-state index contributed by atoms with van der Waals surface area (Å²) in [5, 5.41) is 11.4. The highest BCUT2D eigenvalue weighted by Gasteiger charge is 2.33. The number of nitrogens with one attached hydrogen (secondary N) is 2. The summed E-state index contributed by atoms with van der Waals surface area (Å²) in [6.07, 6.45) is 1.75. The molecule has 0 fully saturated rings. The average Bonchev–Trinajstić information content (AvgIpc) is 2.57. The Balaban J connectivity index is 2.75. The van der Waals surface area contributed by atoms with Crippen molar-refractivity contribution in [3.8, 4) is 0 Å². The van der Waals surface area contributed by atoms with Crippen molar-refractivity contribution in [1.82, 2.24) is 10.8 Å². The largest absolute Gasteiger partial charge is 0.368 e.